The fraction of sp³-hybridized carbons (Fsp3) is 1.00. The van der Waals surface area contributed by atoms with E-state index in [9.17, 15) is 5.11 Å². The van der Waals surface area contributed by atoms with Gasteiger partial charge in [-0.15, -0.1) is 0 Å². The number of hydrogen-bond donors (Lipinski definition) is 2. The molecule has 2 saturated carbocycles. The molecule has 0 aromatic rings. The van der Waals surface area contributed by atoms with Gasteiger partial charge >= 0.3 is 0 Å². The molecule has 2 aliphatic rings. The molecule has 0 radical (unpaired) electrons. The van der Waals surface area contributed by atoms with E-state index in [2.05, 4.69) is 33.0 Å². The van der Waals surface area contributed by atoms with Crippen molar-refractivity contribution in [1.29, 1.82) is 0 Å². The molecular formula is C17H33NO. The third kappa shape index (κ3) is 4.19. The van der Waals surface area contributed by atoms with Crippen LogP contribution in [0.2, 0.25) is 0 Å². The largest absolute Gasteiger partial charge is 0.389 e. The maximum atomic E-state index is 10.6. The Hall–Kier alpha value is -0.0800. The van der Waals surface area contributed by atoms with Crippen LogP contribution in [0.15, 0.2) is 0 Å². The lowest BCUT2D eigenvalue weighted by Gasteiger charge is -2.42. The minimum Gasteiger partial charge on any atom is -0.389 e. The van der Waals surface area contributed by atoms with Crippen molar-refractivity contribution in [2.75, 3.05) is 6.54 Å². The topological polar surface area (TPSA) is 32.3 Å². The number of aliphatic hydroxyl groups is 1. The summed E-state index contributed by atoms with van der Waals surface area (Å²) in [6.07, 6.45) is 8.21. The van der Waals surface area contributed by atoms with E-state index in [1.807, 2.05) is 0 Å². The van der Waals surface area contributed by atoms with E-state index in [4.69, 9.17) is 0 Å². The minimum absolute atomic E-state index is 0.431. The van der Waals surface area contributed by atoms with Crippen LogP contribution in [0.1, 0.15) is 72.6 Å². The van der Waals surface area contributed by atoms with Crippen LogP contribution in [-0.2, 0) is 0 Å². The molecule has 19 heavy (non-hydrogen) atoms. The summed E-state index contributed by atoms with van der Waals surface area (Å²) in [4.78, 5) is 0. The van der Waals surface area contributed by atoms with Gasteiger partial charge in [0, 0.05) is 12.6 Å². The summed E-state index contributed by atoms with van der Waals surface area (Å²) in [5, 5.41) is 14.3. The van der Waals surface area contributed by atoms with E-state index in [0.717, 1.165) is 31.2 Å². The van der Waals surface area contributed by atoms with Crippen molar-refractivity contribution in [3.8, 4) is 0 Å². The van der Waals surface area contributed by atoms with Gasteiger partial charge in [0.15, 0.2) is 0 Å². The summed E-state index contributed by atoms with van der Waals surface area (Å²) < 4.78 is 0. The molecule has 0 aliphatic heterocycles. The molecule has 0 spiro atoms. The fourth-order valence-corrected chi connectivity index (χ4v) is 4.05. The normalized spacial score (nSPS) is 43.1. The summed E-state index contributed by atoms with van der Waals surface area (Å²) in [5.41, 5.74) is 0.0773. The third-order valence-corrected chi connectivity index (χ3v) is 5.59. The molecule has 2 N–H and O–H groups in total. The molecule has 2 nitrogen and oxygen atoms in total. The zero-order valence-corrected chi connectivity index (χ0v) is 13.3. The van der Waals surface area contributed by atoms with Crippen molar-refractivity contribution in [2.45, 2.75) is 84.3 Å². The smallest absolute Gasteiger partial charge is 0.0771 e. The molecule has 2 rings (SSSR count). The molecule has 0 saturated heterocycles. The number of rotatable bonds is 3. The second-order valence-electron chi connectivity index (χ2n) is 8.28. The quantitative estimate of drug-likeness (QED) is 0.816. The van der Waals surface area contributed by atoms with Crippen LogP contribution in [0.3, 0.4) is 0 Å². The van der Waals surface area contributed by atoms with Crippen molar-refractivity contribution in [3.63, 3.8) is 0 Å². The highest BCUT2D eigenvalue weighted by atomic mass is 16.3. The van der Waals surface area contributed by atoms with Gasteiger partial charge in [-0.3, -0.25) is 0 Å². The molecule has 2 aliphatic carbocycles. The van der Waals surface area contributed by atoms with Crippen LogP contribution < -0.4 is 5.32 Å². The molecular weight excluding hydrogens is 234 g/mol. The predicted octanol–water partition coefficient (Wildman–Crippen LogP) is 3.73. The van der Waals surface area contributed by atoms with Crippen LogP contribution in [0.25, 0.3) is 0 Å². The van der Waals surface area contributed by atoms with Crippen LogP contribution in [0.5, 0.6) is 0 Å². The molecule has 2 heteroatoms. The van der Waals surface area contributed by atoms with Gasteiger partial charge in [0.05, 0.1) is 5.60 Å². The molecule has 0 aromatic heterocycles. The first kappa shape index (κ1) is 15.3. The van der Waals surface area contributed by atoms with Crippen LogP contribution in [0, 0.1) is 17.3 Å². The maximum Gasteiger partial charge on any atom is 0.0771 e. The van der Waals surface area contributed by atoms with Gasteiger partial charge in [-0.1, -0.05) is 27.7 Å². The summed E-state index contributed by atoms with van der Waals surface area (Å²) >= 11 is 0. The summed E-state index contributed by atoms with van der Waals surface area (Å²) in [6.45, 7) is 10.2. The minimum atomic E-state index is -0.431. The molecule has 0 heterocycles. The van der Waals surface area contributed by atoms with Crippen molar-refractivity contribution < 1.29 is 5.11 Å². The second-order valence-corrected chi connectivity index (χ2v) is 8.28. The van der Waals surface area contributed by atoms with Gasteiger partial charge in [0.2, 0.25) is 0 Å². The molecule has 0 amide bonds. The first-order chi connectivity index (χ1) is 8.80. The van der Waals surface area contributed by atoms with E-state index >= 15 is 0 Å². The van der Waals surface area contributed by atoms with E-state index < -0.39 is 5.60 Å². The Labute approximate surface area is 119 Å². The van der Waals surface area contributed by atoms with Crippen molar-refractivity contribution in [3.05, 3.63) is 0 Å². The Morgan fingerprint density at radius 3 is 2.26 bits per heavy atom. The lowest BCUT2D eigenvalue weighted by atomic mass is 9.70. The van der Waals surface area contributed by atoms with Crippen molar-refractivity contribution in [1.82, 2.24) is 5.32 Å². The average Bonchev–Trinajstić information content (AvgIpc) is 2.31. The highest BCUT2D eigenvalue weighted by Gasteiger charge is 2.35. The Balaban J connectivity index is 1.79. The van der Waals surface area contributed by atoms with Crippen LogP contribution in [0.4, 0.5) is 0 Å². The predicted molar refractivity (Wildman–Crippen MR) is 81.2 cm³/mol. The van der Waals surface area contributed by atoms with E-state index in [-0.39, 0.29) is 0 Å². The van der Waals surface area contributed by atoms with Gasteiger partial charge in [-0.2, -0.15) is 0 Å². The number of hydrogen-bond acceptors (Lipinski definition) is 2. The molecule has 2 fully saturated rings. The fourth-order valence-electron chi connectivity index (χ4n) is 4.05. The van der Waals surface area contributed by atoms with Crippen LogP contribution >= 0.6 is 0 Å². The monoisotopic (exact) mass is 267 g/mol. The van der Waals surface area contributed by atoms with Crippen molar-refractivity contribution >= 4 is 0 Å². The Kier molecular flexibility index (Phi) is 4.62. The van der Waals surface area contributed by atoms with Gasteiger partial charge in [0.1, 0.15) is 0 Å². The van der Waals surface area contributed by atoms with Crippen LogP contribution in [-0.4, -0.2) is 23.3 Å². The SMILES string of the molecule is CC1CCC(O)(CNC2CCC(C)(C)CC2C)CC1. The molecule has 0 aromatic carbocycles. The highest BCUT2D eigenvalue weighted by Crippen LogP contribution is 2.39. The third-order valence-electron chi connectivity index (χ3n) is 5.59. The number of nitrogens with one attached hydrogen (secondary N) is 1. The maximum absolute atomic E-state index is 10.6. The zero-order valence-electron chi connectivity index (χ0n) is 13.3. The lowest BCUT2D eigenvalue weighted by molar-refractivity contribution is -0.0122. The lowest BCUT2D eigenvalue weighted by Crippen LogP contribution is -2.50. The van der Waals surface area contributed by atoms with E-state index in [0.29, 0.717) is 11.5 Å². The van der Waals surface area contributed by atoms with Crippen molar-refractivity contribution in [2.24, 2.45) is 17.3 Å². The molecule has 2 atom stereocenters. The Bertz CT molecular complexity index is 292. The summed E-state index contributed by atoms with van der Waals surface area (Å²) in [7, 11) is 0. The molecule has 112 valence electrons. The zero-order chi connectivity index (χ0) is 14.1. The Morgan fingerprint density at radius 1 is 1.05 bits per heavy atom. The molecule has 2 unspecified atom stereocenters. The summed E-state index contributed by atoms with van der Waals surface area (Å²) in [5.74, 6) is 1.53. The Morgan fingerprint density at radius 2 is 1.68 bits per heavy atom. The average molecular weight is 267 g/mol. The standard InChI is InChI=1S/C17H33NO/c1-13-5-9-17(19,10-6-13)12-18-15-7-8-16(3,4)11-14(15)2/h13-15,18-19H,5-12H2,1-4H3. The first-order valence-corrected chi connectivity index (χ1v) is 8.25. The van der Waals surface area contributed by atoms with Gasteiger partial charge < -0.3 is 10.4 Å². The highest BCUT2D eigenvalue weighted by molar-refractivity contribution is 4.91. The summed E-state index contributed by atoms with van der Waals surface area (Å²) in [6, 6.07) is 0.608. The first-order valence-electron chi connectivity index (χ1n) is 8.25. The second kappa shape index (κ2) is 5.73. The van der Waals surface area contributed by atoms with Gasteiger partial charge in [-0.05, 0) is 62.2 Å². The molecule has 0 bridgehead atoms. The van der Waals surface area contributed by atoms with Gasteiger partial charge in [0.25, 0.3) is 0 Å². The van der Waals surface area contributed by atoms with E-state index in [1.165, 1.54) is 32.1 Å². The van der Waals surface area contributed by atoms with E-state index in [1.54, 1.807) is 0 Å². The van der Waals surface area contributed by atoms with Gasteiger partial charge in [-0.25, -0.2) is 0 Å².